The number of aromatic nitrogens is 2. The van der Waals surface area contributed by atoms with E-state index in [2.05, 4.69) is 41.4 Å². The highest BCUT2D eigenvalue weighted by atomic mass is 15.3. The van der Waals surface area contributed by atoms with Gasteiger partial charge in [-0.1, -0.05) is 25.5 Å². The minimum atomic E-state index is 0.726. The van der Waals surface area contributed by atoms with Crippen molar-refractivity contribution in [1.29, 1.82) is 5.26 Å². The summed E-state index contributed by atoms with van der Waals surface area (Å²) >= 11 is 0. The van der Waals surface area contributed by atoms with Crippen molar-refractivity contribution in [3.8, 4) is 6.07 Å². The Labute approximate surface area is 154 Å². The molecule has 26 heavy (non-hydrogen) atoms. The summed E-state index contributed by atoms with van der Waals surface area (Å²) in [6, 6.07) is 12.9. The number of fused-ring (bicyclic) bond motifs is 3. The summed E-state index contributed by atoms with van der Waals surface area (Å²) in [5.41, 5.74) is 4.70. The number of rotatable bonds is 4. The van der Waals surface area contributed by atoms with E-state index in [1.165, 1.54) is 12.4 Å². The van der Waals surface area contributed by atoms with E-state index < -0.39 is 0 Å². The third-order valence-electron chi connectivity index (χ3n) is 5.56. The van der Waals surface area contributed by atoms with Gasteiger partial charge in [0, 0.05) is 0 Å². The van der Waals surface area contributed by atoms with Crippen molar-refractivity contribution in [2.45, 2.75) is 26.7 Å². The average molecular weight is 348 g/mol. The van der Waals surface area contributed by atoms with Gasteiger partial charge in [0.05, 0.1) is 49.3 Å². The topological polar surface area (TPSA) is 48.8 Å². The maximum Gasteiger partial charge on any atom is 0.157 e. The first kappa shape index (κ1) is 16.9. The molecule has 1 aliphatic heterocycles. The molecule has 5 heteroatoms. The van der Waals surface area contributed by atoms with Gasteiger partial charge in [0.25, 0.3) is 0 Å². The number of piperazine rings is 1. The fraction of sp³-hybridized carbons (Fsp3) is 0.429. The first-order valence-electron chi connectivity index (χ1n) is 9.68. The number of benzene rings is 1. The average Bonchev–Trinajstić information content (AvgIpc) is 3.07. The maximum absolute atomic E-state index is 9.82. The van der Waals surface area contributed by atoms with Crippen LogP contribution in [0.1, 0.15) is 31.4 Å². The Kier molecular flexibility index (Phi) is 4.52. The summed E-state index contributed by atoms with van der Waals surface area (Å²) in [4.78, 5) is 8.96. The smallest absolute Gasteiger partial charge is 0.157 e. The molecular formula is C21H26N5+. The van der Waals surface area contributed by atoms with E-state index in [0.29, 0.717) is 0 Å². The van der Waals surface area contributed by atoms with Crippen LogP contribution >= 0.6 is 0 Å². The van der Waals surface area contributed by atoms with Gasteiger partial charge in [-0.15, -0.1) is 0 Å². The fourth-order valence-corrected chi connectivity index (χ4v) is 4.09. The van der Waals surface area contributed by atoms with Crippen molar-refractivity contribution in [3.63, 3.8) is 0 Å². The predicted octanol–water partition coefficient (Wildman–Crippen LogP) is 2.04. The molecule has 4 rings (SSSR count). The Balaban J connectivity index is 1.94. The van der Waals surface area contributed by atoms with E-state index in [1.807, 2.05) is 18.2 Å². The number of nitrogens with zero attached hydrogens (tertiary/aromatic N) is 4. The van der Waals surface area contributed by atoms with Crippen molar-refractivity contribution in [1.82, 2.24) is 9.38 Å². The molecule has 1 fully saturated rings. The number of quaternary nitrogens is 1. The predicted molar refractivity (Wildman–Crippen MR) is 105 cm³/mol. The van der Waals surface area contributed by atoms with Gasteiger partial charge in [0.15, 0.2) is 5.65 Å². The first-order valence-corrected chi connectivity index (χ1v) is 9.68. The molecule has 3 heterocycles. The van der Waals surface area contributed by atoms with Crippen LogP contribution in [0.5, 0.6) is 0 Å². The molecule has 2 aromatic heterocycles. The van der Waals surface area contributed by atoms with Gasteiger partial charge in [-0.25, -0.2) is 4.98 Å². The largest absolute Gasteiger partial charge is 0.346 e. The standard InChI is InChI=1S/C21H25N5/c1-3-7-16-14-20(25-12-10-24(4-2)11-13-25)26-19-9-6-5-8-18(19)23-21(26)17(16)15-22/h5-6,8-9,14H,3-4,7,10-13H2,1-2H3/p+1. The van der Waals surface area contributed by atoms with Gasteiger partial charge in [0.2, 0.25) is 0 Å². The highest BCUT2D eigenvalue weighted by Crippen LogP contribution is 2.29. The number of imidazole rings is 1. The lowest BCUT2D eigenvalue weighted by Crippen LogP contribution is -3.14. The summed E-state index contributed by atoms with van der Waals surface area (Å²) in [7, 11) is 0. The number of nitrogens with one attached hydrogen (secondary N) is 1. The molecule has 0 spiro atoms. The maximum atomic E-state index is 9.82. The van der Waals surface area contributed by atoms with E-state index >= 15 is 0 Å². The van der Waals surface area contributed by atoms with Gasteiger partial charge in [-0.2, -0.15) is 5.26 Å². The molecule has 0 radical (unpaired) electrons. The molecule has 0 unspecified atom stereocenters. The van der Waals surface area contributed by atoms with Gasteiger partial charge >= 0.3 is 0 Å². The van der Waals surface area contributed by atoms with Crippen LogP contribution in [0, 0.1) is 11.3 Å². The third kappa shape index (κ3) is 2.71. The quantitative estimate of drug-likeness (QED) is 0.785. The molecule has 0 atom stereocenters. The van der Waals surface area contributed by atoms with Gasteiger partial charge in [-0.05, 0) is 37.1 Å². The summed E-state index contributed by atoms with van der Waals surface area (Å²) in [5, 5.41) is 9.82. The van der Waals surface area contributed by atoms with Crippen molar-refractivity contribution in [3.05, 3.63) is 41.5 Å². The molecule has 3 aromatic rings. The molecule has 0 saturated carbocycles. The molecule has 1 aliphatic rings. The summed E-state index contributed by atoms with van der Waals surface area (Å²) < 4.78 is 2.20. The van der Waals surface area contributed by atoms with Crippen molar-refractivity contribution in [2.24, 2.45) is 0 Å². The Bertz CT molecular complexity index is 973. The number of anilines is 1. The van der Waals surface area contributed by atoms with E-state index in [4.69, 9.17) is 4.98 Å². The molecule has 0 aliphatic carbocycles. The molecule has 134 valence electrons. The number of aryl methyl sites for hydroxylation is 1. The number of hydrogen-bond donors (Lipinski definition) is 1. The van der Waals surface area contributed by atoms with E-state index in [0.717, 1.165) is 66.8 Å². The van der Waals surface area contributed by atoms with Gasteiger partial charge in [0.1, 0.15) is 11.9 Å². The Morgan fingerprint density at radius 1 is 1.19 bits per heavy atom. The van der Waals surface area contributed by atoms with Crippen LogP contribution in [-0.4, -0.2) is 42.1 Å². The highest BCUT2D eigenvalue weighted by Gasteiger charge is 2.24. The molecule has 1 aromatic carbocycles. The van der Waals surface area contributed by atoms with Crippen LogP contribution in [0.25, 0.3) is 16.7 Å². The van der Waals surface area contributed by atoms with Crippen LogP contribution < -0.4 is 9.80 Å². The molecule has 0 amide bonds. The van der Waals surface area contributed by atoms with Gasteiger partial charge in [-0.3, -0.25) is 4.40 Å². The first-order chi connectivity index (χ1) is 12.8. The second-order valence-electron chi connectivity index (χ2n) is 7.11. The molecule has 1 saturated heterocycles. The van der Waals surface area contributed by atoms with Crippen LogP contribution in [0.4, 0.5) is 5.82 Å². The zero-order chi connectivity index (χ0) is 18.1. The number of hydrogen-bond acceptors (Lipinski definition) is 3. The van der Waals surface area contributed by atoms with E-state index in [-0.39, 0.29) is 0 Å². The molecule has 0 bridgehead atoms. The minimum absolute atomic E-state index is 0.726. The second-order valence-corrected chi connectivity index (χ2v) is 7.11. The summed E-state index contributed by atoms with van der Waals surface area (Å²) in [6.45, 7) is 10.0. The van der Waals surface area contributed by atoms with Crippen molar-refractivity contribution < 1.29 is 4.90 Å². The Hall–Kier alpha value is -2.58. The van der Waals surface area contributed by atoms with Crippen LogP contribution in [0.2, 0.25) is 0 Å². The Morgan fingerprint density at radius 2 is 1.96 bits per heavy atom. The summed E-state index contributed by atoms with van der Waals surface area (Å²) in [6.07, 6.45) is 1.94. The lowest BCUT2D eigenvalue weighted by atomic mass is 10.1. The van der Waals surface area contributed by atoms with E-state index in [9.17, 15) is 5.26 Å². The van der Waals surface area contributed by atoms with Crippen molar-refractivity contribution >= 4 is 22.5 Å². The van der Waals surface area contributed by atoms with Crippen LogP contribution in [0.3, 0.4) is 0 Å². The van der Waals surface area contributed by atoms with Crippen molar-refractivity contribution in [2.75, 3.05) is 37.6 Å². The lowest BCUT2D eigenvalue weighted by Gasteiger charge is -2.33. The third-order valence-corrected chi connectivity index (χ3v) is 5.56. The molecular weight excluding hydrogens is 322 g/mol. The van der Waals surface area contributed by atoms with Crippen LogP contribution in [0.15, 0.2) is 30.3 Å². The number of nitriles is 1. The fourth-order valence-electron chi connectivity index (χ4n) is 4.09. The molecule has 5 nitrogen and oxygen atoms in total. The zero-order valence-corrected chi connectivity index (χ0v) is 15.6. The Morgan fingerprint density at radius 3 is 2.65 bits per heavy atom. The van der Waals surface area contributed by atoms with E-state index in [1.54, 1.807) is 4.90 Å². The highest BCUT2D eigenvalue weighted by molar-refractivity contribution is 5.85. The summed E-state index contributed by atoms with van der Waals surface area (Å²) in [5.74, 6) is 1.19. The number of likely N-dealkylation sites (N-methyl/N-ethyl adjacent to an activating group) is 1. The zero-order valence-electron chi connectivity index (χ0n) is 15.6. The lowest BCUT2D eigenvalue weighted by molar-refractivity contribution is -0.898. The van der Waals surface area contributed by atoms with Gasteiger partial charge < -0.3 is 9.80 Å². The monoisotopic (exact) mass is 348 g/mol. The number of pyridine rings is 1. The number of para-hydroxylation sites is 2. The second kappa shape index (κ2) is 6.97. The minimum Gasteiger partial charge on any atom is -0.346 e. The molecule has 1 N–H and O–H groups in total. The van der Waals surface area contributed by atoms with Crippen LogP contribution in [-0.2, 0) is 6.42 Å². The SMILES string of the molecule is CCCc1cc(N2CC[NH+](CC)CC2)n2c(nc3ccccc32)c1C#N. The normalized spacial score (nSPS) is 15.7.